The summed E-state index contributed by atoms with van der Waals surface area (Å²) in [5, 5.41) is 10.6. The maximum atomic E-state index is 10.6. The molecular formula is C23H35KO3. The molecule has 0 bridgehead atoms. The van der Waals surface area contributed by atoms with Crippen molar-refractivity contribution in [1.82, 2.24) is 0 Å². The Labute approximate surface area is 208 Å². The van der Waals surface area contributed by atoms with Crippen LogP contribution in [0, 0.1) is 6.92 Å². The van der Waals surface area contributed by atoms with Gasteiger partial charge in [0.1, 0.15) is 11.5 Å². The average molecular weight is 399 g/mol. The minimum Gasteiger partial charge on any atom is -0.851 e. The van der Waals surface area contributed by atoms with Crippen LogP contribution >= 0.6 is 0 Å². The minimum atomic E-state index is -0.178. The summed E-state index contributed by atoms with van der Waals surface area (Å²) < 4.78 is 10.1. The van der Waals surface area contributed by atoms with Gasteiger partial charge in [-0.2, -0.15) is 0 Å². The number of hydrogen-bond donors (Lipinski definition) is 0. The minimum absolute atomic E-state index is 0. The predicted octanol–water partition coefficient (Wildman–Crippen LogP) is 2.10. The number of benzene rings is 2. The molecule has 0 heterocycles. The van der Waals surface area contributed by atoms with Gasteiger partial charge in [-0.15, -0.1) is 6.61 Å². The number of hydrogen-bond acceptors (Lipinski definition) is 3. The zero-order chi connectivity index (χ0) is 19.9. The molecule has 0 amide bonds. The van der Waals surface area contributed by atoms with E-state index in [1.54, 1.807) is 20.3 Å². The smallest absolute Gasteiger partial charge is 0.851 e. The third-order valence-electron chi connectivity index (χ3n) is 4.02. The fourth-order valence-electron chi connectivity index (χ4n) is 2.61. The first kappa shape index (κ1) is 28.8. The number of fused-ring (bicyclic) bond motifs is 1. The van der Waals surface area contributed by atoms with E-state index in [0.29, 0.717) is 0 Å². The van der Waals surface area contributed by atoms with E-state index in [9.17, 15) is 5.11 Å². The van der Waals surface area contributed by atoms with Gasteiger partial charge in [0.15, 0.2) is 0 Å². The normalized spacial score (nSPS) is 10.4. The summed E-state index contributed by atoms with van der Waals surface area (Å²) in [4.78, 5) is 0. The van der Waals surface area contributed by atoms with Crippen molar-refractivity contribution in [3.05, 3.63) is 58.7 Å². The number of ether oxygens (including phenoxy) is 2. The first-order valence-electron chi connectivity index (χ1n) is 9.55. The molecular weight excluding hydrogens is 363 g/mol. The Kier molecular flexibility index (Phi) is 18.9. The Morgan fingerprint density at radius 3 is 1.89 bits per heavy atom. The molecule has 3 rings (SSSR count). The molecule has 4 heteroatoms. The molecule has 3 nitrogen and oxygen atoms in total. The molecule has 146 valence electrons. The summed E-state index contributed by atoms with van der Waals surface area (Å²) in [6.07, 6.45) is 3.79. The Morgan fingerprint density at radius 1 is 0.815 bits per heavy atom. The Morgan fingerprint density at radius 2 is 1.33 bits per heavy atom. The zero-order valence-corrected chi connectivity index (χ0v) is 21.6. The summed E-state index contributed by atoms with van der Waals surface area (Å²) in [5.74, 6) is 1.74. The van der Waals surface area contributed by atoms with Crippen LogP contribution in [0.25, 0.3) is 0 Å². The third-order valence-corrected chi connectivity index (χ3v) is 4.02. The topological polar surface area (TPSA) is 41.5 Å². The first-order chi connectivity index (χ1) is 12.7. The monoisotopic (exact) mass is 398 g/mol. The van der Waals surface area contributed by atoms with Crippen LogP contribution in [0.1, 0.15) is 56.4 Å². The van der Waals surface area contributed by atoms with E-state index in [1.165, 1.54) is 30.4 Å². The number of methoxy groups -OCH3 is 2. The van der Waals surface area contributed by atoms with Crippen LogP contribution in [0.2, 0.25) is 0 Å². The Hall–Kier alpha value is -0.364. The maximum absolute atomic E-state index is 10.6. The van der Waals surface area contributed by atoms with E-state index in [4.69, 9.17) is 9.47 Å². The van der Waals surface area contributed by atoms with Crippen molar-refractivity contribution < 1.29 is 66.0 Å². The molecule has 0 aromatic heterocycles. The molecule has 0 atom stereocenters. The van der Waals surface area contributed by atoms with Crippen LogP contribution in [0.4, 0.5) is 0 Å². The number of rotatable bonds is 3. The van der Waals surface area contributed by atoms with Gasteiger partial charge in [-0.1, -0.05) is 45.4 Å². The van der Waals surface area contributed by atoms with Crippen molar-refractivity contribution in [2.45, 2.75) is 60.5 Å². The Bertz CT molecular complexity index is 616. The van der Waals surface area contributed by atoms with E-state index in [0.717, 1.165) is 22.6 Å². The second kappa shape index (κ2) is 17.7. The van der Waals surface area contributed by atoms with E-state index >= 15 is 0 Å². The van der Waals surface area contributed by atoms with Gasteiger partial charge >= 0.3 is 51.4 Å². The molecule has 27 heavy (non-hydrogen) atoms. The zero-order valence-electron chi connectivity index (χ0n) is 18.5. The predicted molar refractivity (Wildman–Crippen MR) is 109 cm³/mol. The summed E-state index contributed by atoms with van der Waals surface area (Å²) in [6.45, 7) is 9.75. The van der Waals surface area contributed by atoms with Crippen LogP contribution in [-0.4, -0.2) is 14.2 Å². The average Bonchev–Trinajstić information content (AvgIpc) is 3.19. The molecule has 0 radical (unpaired) electrons. The summed E-state index contributed by atoms with van der Waals surface area (Å²) in [5.41, 5.74) is 4.82. The summed E-state index contributed by atoms with van der Waals surface area (Å²) >= 11 is 0. The molecule has 0 aliphatic heterocycles. The van der Waals surface area contributed by atoms with Crippen molar-refractivity contribution in [2.24, 2.45) is 0 Å². The molecule has 0 unspecified atom stereocenters. The quantitative estimate of drug-likeness (QED) is 0.744. The van der Waals surface area contributed by atoms with Crippen molar-refractivity contribution >= 4 is 0 Å². The van der Waals surface area contributed by atoms with Crippen LogP contribution in [-0.2, 0) is 19.4 Å². The van der Waals surface area contributed by atoms with Crippen LogP contribution in [0.3, 0.4) is 0 Å². The molecule has 0 spiro atoms. The van der Waals surface area contributed by atoms with Gasteiger partial charge in [0, 0.05) is 0 Å². The van der Waals surface area contributed by atoms with Crippen molar-refractivity contribution in [3.8, 4) is 11.5 Å². The van der Waals surface area contributed by atoms with Crippen molar-refractivity contribution in [1.29, 1.82) is 0 Å². The van der Waals surface area contributed by atoms with E-state index in [1.807, 2.05) is 52.8 Å². The fourth-order valence-corrected chi connectivity index (χ4v) is 2.61. The van der Waals surface area contributed by atoms with E-state index in [-0.39, 0.29) is 58.0 Å². The standard InChI is InChI=1S/C10H12O.C9H11O2.2C2H6.K/c1-11-10-6-5-8-3-2-4-9(8)7-10;1-7-3-4-9(11-2)5-8(7)6-10;2*1-2;/h5-7H,2-4H2,1H3;3-5H,6H2,1-2H3;2*1-2H3;/q;-1;;;+1. The second-order valence-corrected chi connectivity index (χ2v) is 5.42. The molecule has 1 aliphatic carbocycles. The van der Waals surface area contributed by atoms with Crippen molar-refractivity contribution in [3.63, 3.8) is 0 Å². The summed E-state index contributed by atoms with van der Waals surface area (Å²) in [7, 11) is 3.32. The first-order valence-corrected chi connectivity index (χ1v) is 9.55. The van der Waals surface area contributed by atoms with Gasteiger partial charge in [0.25, 0.3) is 0 Å². The SMILES string of the molecule is CC.CC.COc1ccc(C)c(C[O-])c1.COc1ccc2c(c1)CCC2.[K+]. The van der Waals surface area contributed by atoms with Crippen molar-refractivity contribution in [2.75, 3.05) is 14.2 Å². The molecule has 1 aliphatic rings. The van der Waals surface area contributed by atoms with Crippen LogP contribution in [0.5, 0.6) is 11.5 Å². The molecule has 0 fully saturated rings. The molecule has 2 aromatic rings. The van der Waals surface area contributed by atoms with E-state index < -0.39 is 0 Å². The number of aryl methyl sites for hydroxylation is 3. The van der Waals surface area contributed by atoms with Gasteiger partial charge < -0.3 is 14.6 Å². The van der Waals surface area contributed by atoms with Gasteiger partial charge in [-0.25, -0.2) is 0 Å². The summed E-state index contributed by atoms with van der Waals surface area (Å²) in [6, 6.07) is 11.9. The van der Waals surface area contributed by atoms with Gasteiger partial charge in [-0.05, 0) is 67.1 Å². The van der Waals surface area contributed by atoms with Gasteiger partial charge in [0.05, 0.1) is 14.2 Å². The van der Waals surface area contributed by atoms with Gasteiger partial charge in [-0.3, -0.25) is 0 Å². The third kappa shape index (κ3) is 10.1. The maximum Gasteiger partial charge on any atom is 1.00 e. The largest absolute Gasteiger partial charge is 1.00 e. The van der Waals surface area contributed by atoms with Crippen LogP contribution < -0.4 is 66.0 Å². The molecule has 0 saturated carbocycles. The second-order valence-electron chi connectivity index (χ2n) is 5.42. The molecule has 0 N–H and O–H groups in total. The van der Waals surface area contributed by atoms with E-state index in [2.05, 4.69) is 12.1 Å². The molecule has 2 aromatic carbocycles. The van der Waals surface area contributed by atoms with Gasteiger partial charge in [0.2, 0.25) is 0 Å². The molecule has 0 saturated heterocycles. The fraction of sp³-hybridized carbons (Fsp3) is 0.478. The van der Waals surface area contributed by atoms with Crippen LogP contribution in [0.15, 0.2) is 36.4 Å². The Balaban J connectivity index is 0.